The Bertz CT molecular complexity index is 393. The molecule has 0 bridgehead atoms. The van der Waals surface area contributed by atoms with Crippen LogP contribution in [0.25, 0.3) is 0 Å². The Balaban J connectivity index is 1.87. The van der Waals surface area contributed by atoms with E-state index in [1.165, 1.54) is 0 Å². The van der Waals surface area contributed by atoms with Crippen LogP contribution in [0, 0.1) is 0 Å². The van der Waals surface area contributed by atoms with Gasteiger partial charge in [-0.1, -0.05) is 25.1 Å². The van der Waals surface area contributed by atoms with E-state index < -0.39 is 0 Å². The fourth-order valence-electron chi connectivity index (χ4n) is 2.27. The van der Waals surface area contributed by atoms with Crippen molar-refractivity contribution in [1.29, 1.82) is 0 Å². The molecule has 1 aromatic carbocycles. The summed E-state index contributed by atoms with van der Waals surface area (Å²) in [5.41, 5.74) is 0. The molecule has 2 rings (SSSR count). The Morgan fingerprint density at radius 2 is 1.89 bits per heavy atom. The van der Waals surface area contributed by atoms with Gasteiger partial charge < -0.3 is 9.47 Å². The lowest BCUT2D eigenvalue weighted by atomic mass is 10.0. The van der Waals surface area contributed by atoms with Gasteiger partial charge in [-0.25, -0.2) is 0 Å². The van der Waals surface area contributed by atoms with Crippen molar-refractivity contribution in [2.24, 2.45) is 0 Å². The standard InChI is InChI=1S/C16H24O2S/c1-12(2)18-15(10-16(4)13(3)19-16)11-17-14-8-6-5-7-9-14/h5-9,12-13,15H,10-11H2,1-4H3. The second-order valence-electron chi connectivity index (χ2n) is 5.71. The summed E-state index contributed by atoms with van der Waals surface area (Å²) in [4.78, 5) is 0. The van der Waals surface area contributed by atoms with Crippen molar-refractivity contribution in [2.45, 2.75) is 56.3 Å². The van der Waals surface area contributed by atoms with Gasteiger partial charge in [0.15, 0.2) is 0 Å². The first-order valence-electron chi connectivity index (χ1n) is 7.01. The molecule has 0 N–H and O–H groups in total. The third-order valence-corrected chi connectivity index (χ3v) is 5.20. The summed E-state index contributed by atoms with van der Waals surface area (Å²) < 4.78 is 12.2. The molecule has 0 saturated carbocycles. The van der Waals surface area contributed by atoms with E-state index in [0.29, 0.717) is 11.4 Å². The van der Waals surface area contributed by atoms with Crippen LogP contribution in [0.15, 0.2) is 30.3 Å². The molecule has 0 radical (unpaired) electrons. The Morgan fingerprint density at radius 3 is 2.42 bits per heavy atom. The van der Waals surface area contributed by atoms with E-state index in [2.05, 4.69) is 27.7 Å². The minimum atomic E-state index is 0.169. The molecule has 3 atom stereocenters. The number of benzene rings is 1. The molecule has 1 aliphatic heterocycles. The van der Waals surface area contributed by atoms with Gasteiger partial charge in [-0.05, 0) is 39.3 Å². The first kappa shape index (κ1) is 14.7. The number of hydrogen-bond acceptors (Lipinski definition) is 3. The third kappa shape index (κ3) is 4.43. The molecule has 1 saturated heterocycles. The Morgan fingerprint density at radius 1 is 1.26 bits per heavy atom. The summed E-state index contributed by atoms with van der Waals surface area (Å²) in [5, 5.41) is 0.738. The Hall–Kier alpha value is -0.670. The van der Waals surface area contributed by atoms with Crippen molar-refractivity contribution in [3.8, 4) is 5.75 Å². The van der Waals surface area contributed by atoms with Crippen LogP contribution in [-0.2, 0) is 4.74 Å². The number of thioether (sulfide) groups is 1. The molecule has 0 amide bonds. The lowest BCUT2D eigenvalue weighted by Crippen LogP contribution is -2.30. The first-order valence-corrected chi connectivity index (χ1v) is 7.89. The molecule has 3 unspecified atom stereocenters. The summed E-state index contributed by atoms with van der Waals surface area (Å²) in [7, 11) is 0. The van der Waals surface area contributed by atoms with Crippen LogP contribution in [0.4, 0.5) is 0 Å². The fourth-order valence-corrected chi connectivity index (χ4v) is 3.39. The van der Waals surface area contributed by atoms with Gasteiger partial charge in [0, 0.05) is 10.00 Å². The summed E-state index contributed by atoms with van der Waals surface area (Å²) in [5.74, 6) is 0.918. The third-order valence-electron chi connectivity index (χ3n) is 3.53. The highest BCUT2D eigenvalue weighted by molar-refractivity contribution is 8.08. The van der Waals surface area contributed by atoms with Gasteiger partial charge in [0.25, 0.3) is 0 Å². The molecular weight excluding hydrogens is 256 g/mol. The average molecular weight is 280 g/mol. The molecule has 19 heavy (non-hydrogen) atoms. The van der Waals surface area contributed by atoms with Crippen molar-refractivity contribution >= 4 is 11.8 Å². The second kappa shape index (κ2) is 6.19. The van der Waals surface area contributed by atoms with E-state index in [1.807, 2.05) is 42.1 Å². The Kier molecular flexibility index (Phi) is 4.80. The van der Waals surface area contributed by atoms with Gasteiger partial charge >= 0.3 is 0 Å². The number of para-hydroxylation sites is 1. The van der Waals surface area contributed by atoms with Gasteiger partial charge in [-0.2, -0.15) is 0 Å². The van der Waals surface area contributed by atoms with Crippen molar-refractivity contribution in [3.63, 3.8) is 0 Å². The van der Waals surface area contributed by atoms with E-state index in [4.69, 9.17) is 9.47 Å². The van der Waals surface area contributed by atoms with Crippen molar-refractivity contribution in [1.82, 2.24) is 0 Å². The van der Waals surface area contributed by atoms with Crippen LogP contribution < -0.4 is 4.74 Å². The normalized spacial score (nSPS) is 27.3. The van der Waals surface area contributed by atoms with Gasteiger partial charge in [0.2, 0.25) is 0 Å². The van der Waals surface area contributed by atoms with E-state index in [9.17, 15) is 0 Å². The highest BCUT2D eigenvalue weighted by Crippen LogP contribution is 2.56. The van der Waals surface area contributed by atoms with Crippen LogP contribution in [-0.4, -0.2) is 28.8 Å². The molecule has 1 fully saturated rings. The number of ether oxygens (including phenoxy) is 2. The molecule has 1 aromatic rings. The predicted octanol–water partition coefficient (Wildman–Crippen LogP) is 4.14. The summed E-state index contributed by atoms with van der Waals surface area (Å²) >= 11 is 2.04. The number of hydrogen-bond donors (Lipinski definition) is 0. The van der Waals surface area contributed by atoms with E-state index in [-0.39, 0.29) is 12.2 Å². The average Bonchev–Trinajstić information content (AvgIpc) is 2.94. The van der Waals surface area contributed by atoms with Gasteiger partial charge in [0.1, 0.15) is 12.4 Å². The largest absolute Gasteiger partial charge is 0.491 e. The molecular formula is C16H24O2S. The van der Waals surface area contributed by atoms with Gasteiger partial charge in [-0.15, -0.1) is 11.8 Å². The van der Waals surface area contributed by atoms with Crippen LogP contribution in [0.1, 0.15) is 34.1 Å². The molecule has 1 aliphatic rings. The molecule has 1 heterocycles. The summed E-state index contributed by atoms with van der Waals surface area (Å²) in [6.07, 6.45) is 1.47. The highest BCUT2D eigenvalue weighted by atomic mass is 32.2. The molecule has 106 valence electrons. The smallest absolute Gasteiger partial charge is 0.119 e. The maximum absolute atomic E-state index is 6.00. The monoisotopic (exact) mass is 280 g/mol. The molecule has 0 spiro atoms. The zero-order chi connectivity index (χ0) is 13.9. The quantitative estimate of drug-likeness (QED) is 0.699. The van der Waals surface area contributed by atoms with Crippen LogP contribution in [0.2, 0.25) is 0 Å². The zero-order valence-electron chi connectivity index (χ0n) is 12.3. The van der Waals surface area contributed by atoms with Crippen molar-refractivity contribution in [2.75, 3.05) is 6.61 Å². The van der Waals surface area contributed by atoms with Crippen molar-refractivity contribution in [3.05, 3.63) is 30.3 Å². The van der Waals surface area contributed by atoms with Crippen LogP contribution in [0.5, 0.6) is 5.75 Å². The maximum Gasteiger partial charge on any atom is 0.119 e. The molecule has 0 aromatic heterocycles. The second-order valence-corrected chi connectivity index (χ2v) is 7.58. The molecule has 3 heteroatoms. The van der Waals surface area contributed by atoms with Crippen LogP contribution >= 0.6 is 11.8 Å². The summed E-state index contributed by atoms with van der Waals surface area (Å²) in [6.45, 7) is 9.41. The fraction of sp³-hybridized carbons (Fsp3) is 0.625. The van der Waals surface area contributed by atoms with E-state index in [0.717, 1.165) is 17.4 Å². The summed E-state index contributed by atoms with van der Waals surface area (Å²) in [6, 6.07) is 9.96. The Labute approximate surface area is 120 Å². The molecule has 0 aliphatic carbocycles. The lowest BCUT2D eigenvalue weighted by molar-refractivity contribution is -0.0240. The van der Waals surface area contributed by atoms with Crippen molar-refractivity contribution < 1.29 is 9.47 Å². The molecule has 2 nitrogen and oxygen atoms in total. The van der Waals surface area contributed by atoms with Gasteiger partial charge in [0.05, 0.1) is 12.2 Å². The van der Waals surface area contributed by atoms with Crippen LogP contribution in [0.3, 0.4) is 0 Å². The maximum atomic E-state index is 6.00. The first-order chi connectivity index (χ1) is 8.99. The SMILES string of the molecule is CC(C)OC(COc1ccccc1)CC1(C)SC1C. The topological polar surface area (TPSA) is 18.5 Å². The highest BCUT2D eigenvalue weighted by Gasteiger charge is 2.49. The minimum Gasteiger partial charge on any atom is -0.491 e. The van der Waals surface area contributed by atoms with E-state index >= 15 is 0 Å². The lowest BCUT2D eigenvalue weighted by Gasteiger charge is -2.23. The van der Waals surface area contributed by atoms with Gasteiger partial charge in [-0.3, -0.25) is 0 Å². The zero-order valence-corrected chi connectivity index (χ0v) is 13.1. The number of rotatable bonds is 7. The predicted molar refractivity (Wildman–Crippen MR) is 82.0 cm³/mol. The minimum absolute atomic E-state index is 0.169. The van der Waals surface area contributed by atoms with E-state index in [1.54, 1.807) is 0 Å².